The molecule has 0 aliphatic carbocycles. The summed E-state index contributed by atoms with van der Waals surface area (Å²) in [5, 5.41) is 23.7. The van der Waals surface area contributed by atoms with E-state index in [4.69, 9.17) is 9.16 Å². The lowest BCUT2D eigenvalue weighted by atomic mass is 9.85. The van der Waals surface area contributed by atoms with Crippen molar-refractivity contribution in [3.05, 3.63) is 94.5 Å². The monoisotopic (exact) mass is 560 g/mol. The number of aromatic hydroxyl groups is 1. The van der Waals surface area contributed by atoms with Crippen molar-refractivity contribution in [2.75, 3.05) is 26.3 Å². The third-order valence-corrected chi connectivity index (χ3v) is 14.0. The van der Waals surface area contributed by atoms with Crippen molar-refractivity contribution in [3.8, 4) is 5.75 Å². The summed E-state index contributed by atoms with van der Waals surface area (Å²) >= 11 is 0. The van der Waals surface area contributed by atoms with Crippen molar-refractivity contribution in [2.45, 2.75) is 63.1 Å². The number of likely N-dealkylation sites (tertiary alicyclic amines) is 1. The molecule has 7 nitrogen and oxygen atoms in total. The second-order valence-corrected chi connectivity index (χ2v) is 16.7. The summed E-state index contributed by atoms with van der Waals surface area (Å²) < 4.78 is 13.7. The molecule has 0 amide bonds. The predicted molar refractivity (Wildman–Crippen MR) is 160 cm³/mol. The molecule has 40 heavy (non-hydrogen) atoms. The van der Waals surface area contributed by atoms with E-state index in [2.05, 4.69) is 93.3 Å². The molecule has 212 valence electrons. The maximum absolute atomic E-state index is 11.4. The molecule has 0 unspecified atom stereocenters. The van der Waals surface area contributed by atoms with Gasteiger partial charge in [0.15, 0.2) is 5.75 Å². The molecule has 8 heteroatoms. The number of rotatable bonds is 7. The number of phenols is 1. The molecule has 0 aromatic heterocycles. The molecule has 0 spiro atoms. The maximum Gasteiger partial charge on any atom is 0.310 e. The van der Waals surface area contributed by atoms with Gasteiger partial charge in [-0.05, 0) is 65.8 Å². The van der Waals surface area contributed by atoms with Crippen LogP contribution in [0.25, 0.3) is 0 Å². The van der Waals surface area contributed by atoms with Crippen LogP contribution < -0.4 is 10.4 Å². The fourth-order valence-corrected chi connectivity index (χ4v) is 11.4. The molecule has 2 saturated heterocycles. The Morgan fingerprint density at radius 1 is 1.00 bits per heavy atom. The zero-order valence-electron chi connectivity index (χ0n) is 23.9. The van der Waals surface area contributed by atoms with Gasteiger partial charge in [0.25, 0.3) is 8.32 Å². The van der Waals surface area contributed by atoms with E-state index >= 15 is 0 Å². The van der Waals surface area contributed by atoms with Crippen LogP contribution >= 0.6 is 0 Å². The number of hydrogen-bond acceptors (Lipinski definition) is 6. The van der Waals surface area contributed by atoms with Crippen molar-refractivity contribution >= 4 is 24.4 Å². The minimum absolute atomic E-state index is 0.106. The minimum atomic E-state index is -2.75. The highest BCUT2D eigenvalue weighted by Crippen LogP contribution is 2.42. The smallest absolute Gasteiger partial charge is 0.310 e. The van der Waals surface area contributed by atoms with Gasteiger partial charge in [-0.15, -0.1) is 0 Å². The standard InChI is InChI=1S/C32H40N2O5Si/c1-31(2,3)40(26-11-7-5-8-12-26,27-13-9-6-10-14-27)39-30-22-38-23-32(30,4)33-19-17-24(18-20-33)25-15-16-29(35)28(21-25)34(36)37/h5-16,21,24,30,35H,17-20,22-23H2,1-4H3/t30-,32+/m1/s1. The van der Waals surface area contributed by atoms with Crippen LogP contribution in [0.5, 0.6) is 5.75 Å². The van der Waals surface area contributed by atoms with E-state index < -0.39 is 13.2 Å². The summed E-state index contributed by atoms with van der Waals surface area (Å²) in [6, 6.07) is 26.2. The maximum atomic E-state index is 11.4. The molecule has 5 rings (SSSR count). The van der Waals surface area contributed by atoms with Crippen LogP contribution in [0.3, 0.4) is 0 Å². The number of hydrogen-bond donors (Lipinski definition) is 1. The van der Waals surface area contributed by atoms with Gasteiger partial charge in [0.2, 0.25) is 0 Å². The number of nitrogens with zero attached hydrogens (tertiary/aromatic N) is 2. The van der Waals surface area contributed by atoms with E-state index in [1.54, 1.807) is 0 Å². The average Bonchev–Trinajstić information content (AvgIpc) is 3.33. The first-order valence-corrected chi connectivity index (χ1v) is 16.1. The van der Waals surface area contributed by atoms with E-state index in [0.29, 0.717) is 13.2 Å². The van der Waals surface area contributed by atoms with Gasteiger partial charge in [-0.25, -0.2) is 0 Å². The zero-order chi connectivity index (χ0) is 28.5. The largest absolute Gasteiger partial charge is 0.502 e. The lowest BCUT2D eigenvalue weighted by Crippen LogP contribution is -2.70. The molecule has 3 aromatic carbocycles. The van der Waals surface area contributed by atoms with Crippen LogP contribution in [0, 0.1) is 10.1 Å². The van der Waals surface area contributed by atoms with Crippen LogP contribution in [0.15, 0.2) is 78.9 Å². The van der Waals surface area contributed by atoms with Crippen molar-refractivity contribution in [1.82, 2.24) is 4.90 Å². The van der Waals surface area contributed by atoms with E-state index in [-0.39, 0.29) is 34.0 Å². The van der Waals surface area contributed by atoms with Crippen molar-refractivity contribution in [2.24, 2.45) is 0 Å². The Balaban J connectivity index is 1.42. The van der Waals surface area contributed by atoms with Crippen LogP contribution in [0.1, 0.15) is 52.0 Å². The topological polar surface area (TPSA) is 85.1 Å². The lowest BCUT2D eigenvalue weighted by Gasteiger charge is -2.50. The average molecular weight is 561 g/mol. The molecule has 0 saturated carbocycles. The normalized spacial score (nSPS) is 22.9. The van der Waals surface area contributed by atoms with Crippen molar-refractivity contribution in [3.63, 3.8) is 0 Å². The van der Waals surface area contributed by atoms with E-state index in [1.165, 1.54) is 22.5 Å². The Bertz CT molecular complexity index is 1280. The summed E-state index contributed by atoms with van der Waals surface area (Å²) in [5.41, 5.74) is 0.394. The van der Waals surface area contributed by atoms with Crippen LogP contribution in [0.2, 0.25) is 5.04 Å². The van der Waals surface area contributed by atoms with E-state index in [1.807, 2.05) is 6.07 Å². The first-order valence-electron chi connectivity index (χ1n) is 14.2. The van der Waals surface area contributed by atoms with Gasteiger partial charge in [0, 0.05) is 6.07 Å². The molecule has 1 N–H and O–H groups in total. The van der Waals surface area contributed by atoms with Gasteiger partial charge in [-0.1, -0.05) is 87.5 Å². The van der Waals surface area contributed by atoms with Gasteiger partial charge >= 0.3 is 5.69 Å². The number of ether oxygens (including phenoxy) is 1. The molecule has 2 aliphatic heterocycles. The quantitative estimate of drug-likeness (QED) is 0.243. The third-order valence-electron chi connectivity index (χ3n) is 8.98. The Hall–Kier alpha value is -3.04. The number of piperidine rings is 1. The first-order chi connectivity index (χ1) is 19.1. The van der Waals surface area contributed by atoms with Gasteiger partial charge in [-0.2, -0.15) is 0 Å². The van der Waals surface area contributed by atoms with Crippen LogP contribution in [0.4, 0.5) is 5.69 Å². The molecular weight excluding hydrogens is 520 g/mol. The van der Waals surface area contributed by atoms with Gasteiger partial charge in [0.05, 0.1) is 29.8 Å². The molecule has 0 radical (unpaired) electrons. The molecule has 0 bridgehead atoms. The van der Waals surface area contributed by atoms with Crippen LogP contribution in [-0.2, 0) is 9.16 Å². The fourth-order valence-electron chi connectivity index (χ4n) is 6.67. The molecular formula is C32H40N2O5Si. The molecule has 2 atom stereocenters. The summed E-state index contributed by atoms with van der Waals surface area (Å²) in [5.74, 6) is -0.0809. The third kappa shape index (κ3) is 5.09. The Morgan fingerprint density at radius 3 is 2.10 bits per heavy atom. The predicted octanol–water partition coefficient (Wildman–Crippen LogP) is 5.21. The molecule has 2 heterocycles. The summed E-state index contributed by atoms with van der Waals surface area (Å²) in [7, 11) is -2.75. The summed E-state index contributed by atoms with van der Waals surface area (Å²) in [6.07, 6.45) is 1.65. The Morgan fingerprint density at radius 2 is 1.57 bits per heavy atom. The SMILES string of the molecule is CC(C)(C)[Si](O[C@@H]1COC[C@]1(C)N1CCC(c2ccc(O)c([N+](=O)[O-])c2)CC1)(c1ccccc1)c1ccccc1. The highest BCUT2D eigenvalue weighted by atomic mass is 28.4. The second kappa shape index (κ2) is 11.1. The van der Waals surface area contributed by atoms with Gasteiger partial charge in [0.1, 0.15) is 0 Å². The lowest BCUT2D eigenvalue weighted by molar-refractivity contribution is -0.385. The Labute approximate surface area is 238 Å². The molecule has 3 aromatic rings. The highest BCUT2D eigenvalue weighted by Gasteiger charge is 2.56. The summed E-state index contributed by atoms with van der Waals surface area (Å²) in [6.45, 7) is 12.0. The fraction of sp³-hybridized carbons (Fsp3) is 0.438. The zero-order valence-corrected chi connectivity index (χ0v) is 24.9. The van der Waals surface area contributed by atoms with Crippen molar-refractivity contribution in [1.29, 1.82) is 0 Å². The van der Waals surface area contributed by atoms with E-state index in [0.717, 1.165) is 31.5 Å². The van der Waals surface area contributed by atoms with E-state index in [9.17, 15) is 15.2 Å². The van der Waals surface area contributed by atoms with Gasteiger partial charge in [-0.3, -0.25) is 15.0 Å². The summed E-state index contributed by atoms with van der Waals surface area (Å²) in [4.78, 5) is 13.4. The molecule has 2 fully saturated rings. The number of benzene rings is 3. The Kier molecular flexibility index (Phi) is 7.89. The number of nitro groups is 1. The van der Waals surface area contributed by atoms with Gasteiger partial charge < -0.3 is 14.3 Å². The second-order valence-electron chi connectivity index (χ2n) is 12.4. The minimum Gasteiger partial charge on any atom is -0.502 e. The highest BCUT2D eigenvalue weighted by molar-refractivity contribution is 6.99. The first kappa shape index (κ1) is 28.5. The number of nitro benzene ring substituents is 1. The van der Waals surface area contributed by atoms with Crippen molar-refractivity contribution < 1.29 is 19.2 Å². The van der Waals surface area contributed by atoms with Crippen LogP contribution in [-0.4, -0.2) is 61.2 Å². The molecule has 2 aliphatic rings. The number of phenolic OH excluding ortho intramolecular Hbond substituents is 1.